The van der Waals surface area contributed by atoms with Crippen LogP contribution in [-0.2, 0) is 23.7 Å². The lowest BCUT2D eigenvalue weighted by Gasteiger charge is -2.34. The van der Waals surface area contributed by atoms with Gasteiger partial charge in [-0.15, -0.1) is 0 Å². The minimum atomic E-state index is -0.345. The molecule has 3 fully saturated rings. The number of ether oxygens (including phenoxy) is 4. The van der Waals surface area contributed by atoms with Crippen molar-refractivity contribution in [3.05, 3.63) is 11.6 Å². The Balaban J connectivity index is 0.972. The van der Waals surface area contributed by atoms with E-state index in [2.05, 4.69) is 6.92 Å². The van der Waals surface area contributed by atoms with Gasteiger partial charge in [0.2, 0.25) is 0 Å². The van der Waals surface area contributed by atoms with Gasteiger partial charge in [-0.1, -0.05) is 90.4 Å². The average molecular weight is 605 g/mol. The summed E-state index contributed by atoms with van der Waals surface area (Å²) in [6.07, 6.45) is 30.9. The van der Waals surface area contributed by atoms with Crippen LogP contribution in [-0.4, -0.2) is 59.9 Å². The predicted molar refractivity (Wildman–Crippen MR) is 172 cm³/mol. The summed E-state index contributed by atoms with van der Waals surface area (Å²) < 4.78 is 24.6. The number of esters is 1. The molecule has 0 amide bonds. The summed E-state index contributed by atoms with van der Waals surface area (Å²) in [5.74, 6) is -0.113. The highest BCUT2D eigenvalue weighted by Crippen LogP contribution is 2.37. The molecule has 6 nitrogen and oxygen atoms in total. The van der Waals surface area contributed by atoms with Gasteiger partial charge in [0.25, 0.3) is 0 Å². The third-order valence-electron chi connectivity index (χ3n) is 10.4. The number of aliphatic hydroxyl groups is 1. The molecule has 248 valence electrons. The lowest BCUT2D eigenvalue weighted by Crippen LogP contribution is -2.38. The molecule has 4 heterocycles. The SMILES string of the molecule is CCCCCC[C@@H]1CCC[C@H]([C@H]2CC[C@@H]([C@H]3CC[C@@H]([C@H](O)CCCCCCCCCCCCC4=C[C@H](C)OC4=O)O3)O2)O1. The molecule has 4 aliphatic heterocycles. The van der Waals surface area contributed by atoms with Crippen molar-refractivity contribution < 1.29 is 28.8 Å². The number of carbonyl (C=O) groups is 1. The van der Waals surface area contributed by atoms with Crippen LogP contribution in [0.2, 0.25) is 0 Å². The summed E-state index contributed by atoms with van der Waals surface area (Å²) in [7, 11) is 0. The summed E-state index contributed by atoms with van der Waals surface area (Å²) in [6.45, 7) is 4.19. The molecule has 8 atom stereocenters. The molecule has 0 aromatic heterocycles. The third-order valence-corrected chi connectivity index (χ3v) is 10.4. The second-order valence-electron chi connectivity index (χ2n) is 14.1. The van der Waals surface area contributed by atoms with Gasteiger partial charge in [-0.2, -0.15) is 0 Å². The van der Waals surface area contributed by atoms with Crippen molar-refractivity contribution in [2.24, 2.45) is 0 Å². The fourth-order valence-electron chi connectivity index (χ4n) is 7.78. The van der Waals surface area contributed by atoms with Crippen molar-refractivity contribution >= 4 is 5.97 Å². The van der Waals surface area contributed by atoms with Crippen molar-refractivity contribution in [2.45, 2.75) is 217 Å². The summed E-state index contributed by atoms with van der Waals surface area (Å²) in [5.41, 5.74) is 0.875. The zero-order chi connectivity index (χ0) is 30.3. The molecule has 0 bridgehead atoms. The second kappa shape index (κ2) is 19.5. The number of aliphatic hydroxyl groups excluding tert-OH is 1. The highest BCUT2D eigenvalue weighted by atomic mass is 16.6. The number of carbonyl (C=O) groups excluding carboxylic acids is 1. The van der Waals surface area contributed by atoms with Crippen LogP contribution >= 0.6 is 0 Å². The molecule has 0 aromatic rings. The first-order valence-corrected chi connectivity index (χ1v) is 18.6. The first-order valence-electron chi connectivity index (χ1n) is 18.6. The first kappa shape index (κ1) is 34.9. The Kier molecular flexibility index (Phi) is 15.9. The maximum absolute atomic E-state index is 11.6. The zero-order valence-corrected chi connectivity index (χ0v) is 27.7. The van der Waals surface area contributed by atoms with Gasteiger partial charge in [-0.25, -0.2) is 4.79 Å². The van der Waals surface area contributed by atoms with E-state index in [-0.39, 0.29) is 48.7 Å². The molecule has 3 saturated heterocycles. The van der Waals surface area contributed by atoms with Crippen molar-refractivity contribution in [3.63, 3.8) is 0 Å². The van der Waals surface area contributed by atoms with E-state index in [9.17, 15) is 9.90 Å². The van der Waals surface area contributed by atoms with E-state index in [0.29, 0.717) is 6.10 Å². The Morgan fingerprint density at radius 2 is 1.33 bits per heavy atom. The zero-order valence-electron chi connectivity index (χ0n) is 27.7. The lowest BCUT2D eigenvalue weighted by atomic mass is 9.96. The molecule has 0 aliphatic carbocycles. The monoisotopic (exact) mass is 604 g/mol. The van der Waals surface area contributed by atoms with Crippen LogP contribution in [0.1, 0.15) is 168 Å². The van der Waals surface area contributed by atoms with Gasteiger partial charge < -0.3 is 24.1 Å². The van der Waals surface area contributed by atoms with Gasteiger partial charge >= 0.3 is 5.97 Å². The second-order valence-corrected chi connectivity index (χ2v) is 14.1. The van der Waals surface area contributed by atoms with Gasteiger partial charge in [0.1, 0.15) is 6.10 Å². The van der Waals surface area contributed by atoms with Gasteiger partial charge in [-0.05, 0) is 83.6 Å². The van der Waals surface area contributed by atoms with E-state index in [1.165, 1.54) is 96.3 Å². The molecule has 6 heteroatoms. The molecular weight excluding hydrogens is 540 g/mol. The summed E-state index contributed by atoms with van der Waals surface area (Å²) in [4.78, 5) is 11.6. The first-order chi connectivity index (χ1) is 21.0. The van der Waals surface area contributed by atoms with Crippen LogP contribution in [0.3, 0.4) is 0 Å². The van der Waals surface area contributed by atoms with E-state index >= 15 is 0 Å². The minimum Gasteiger partial charge on any atom is -0.455 e. The van der Waals surface area contributed by atoms with Crippen molar-refractivity contribution in [1.29, 1.82) is 0 Å². The van der Waals surface area contributed by atoms with E-state index in [4.69, 9.17) is 18.9 Å². The van der Waals surface area contributed by atoms with Crippen LogP contribution < -0.4 is 0 Å². The highest BCUT2D eigenvalue weighted by Gasteiger charge is 2.42. The molecule has 1 N–H and O–H groups in total. The predicted octanol–water partition coefficient (Wildman–Crippen LogP) is 8.90. The Bertz CT molecular complexity index is 813. The topological polar surface area (TPSA) is 74.2 Å². The van der Waals surface area contributed by atoms with Crippen molar-refractivity contribution in [1.82, 2.24) is 0 Å². The van der Waals surface area contributed by atoms with Crippen LogP contribution in [0, 0.1) is 0 Å². The summed E-state index contributed by atoms with van der Waals surface area (Å²) >= 11 is 0. The van der Waals surface area contributed by atoms with E-state index in [0.717, 1.165) is 63.4 Å². The summed E-state index contributed by atoms with van der Waals surface area (Å²) in [6, 6.07) is 0. The largest absolute Gasteiger partial charge is 0.455 e. The molecular formula is C37H64O6. The molecule has 0 spiro atoms. The van der Waals surface area contributed by atoms with Gasteiger partial charge in [0.15, 0.2) is 0 Å². The number of hydrogen-bond acceptors (Lipinski definition) is 6. The molecule has 43 heavy (non-hydrogen) atoms. The lowest BCUT2D eigenvalue weighted by molar-refractivity contribution is -0.145. The maximum atomic E-state index is 11.6. The van der Waals surface area contributed by atoms with Gasteiger partial charge in [0, 0.05) is 5.57 Å². The molecule has 0 radical (unpaired) electrons. The molecule has 0 saturated carbocycles. The quantitative estimate of drug-likeness (QED) is 0.104. The maximum Gasteiger partial charge on any atom is 0.334 e. The van der Waals surface area contributed by atoms with Gasteiger partial charge in [0.05, 0.1) is 42.7 Å². The third kappa shape index (κ3) is 12.1. The number of rotatable bonds is 21. The number of cyclic esters (lactones) is 1. The Morgan fingerprint density at radius 1 is 0.721 bits per heavy atom. The minimum absolute atomic E-state index is 0.0231. The smallest absolute Gasteiger partial charge is 0.334 e. The van der Waals surface area contributed by atoms with Crippen molar-refractivity contribution in [2.75, 3.05) is 0 Å². The van der Waals surface area contributed by atoms with Crippen molar-refractivity contribution in [3.8, 4) is 0 Å². The normalized spacial score (nSPS) is 31.8. The molecule has 4 aliphatic rings. The van der Waals surface area contributed by atoms with Crippen LogP contribution in [0.25, 0.3) is 0 Å². The average Bonchev–Trinajstić information content (AvgIpc) is 3.76. The summed E-state index contributed by atoms with van der Waals surface area (Å²) in [5, 5.41) is 10.8. The number of hydrogen-bond donors (Lipinski definition) is 1. The van der Waals surface area contributed by atoms with Crippen LogP contribution in [0.4, 0.5) is 0 Å². The highest BCUT2D eigenvalue weighted by molar-refractivity contribution is 5.90. The Morgan fingerprint density at radius 3 is 2.00 bits per heavy atom. The Hall–Kier alpha value is -0.950. The fraction of sp³-hybridized carbons (Fsp3) is 0.919. The van der Waals surface area contributed by atoms with E-state index in [1.54, 1.807) is 0 Å². The van der Waals surface area contributed by atoms with Crippen LogP contribution in [0.5, 0.6) is 0 Å². The standard InChI is InChI=1S/C37H64O6/c1-3-4-5-15-19-30-20-17-22-33(41-30)34-25-26-36(43-34)35-24-23-32(42-35)31(38)21-16-13-11-9-7-6-8-10-12-14-18-29-27-28(2)40-37(29)39/h27-28,30-36,38H,3-26H2,1-2H3/t28-,30+,31+,32-,33+,34+,35+,36-/m0/s1. The Labute approximate surface area is 263 Å². The van der Waals surface area contributed by atoms with Crippen LogP contribution in [0.15, 0.2) is 11.6 Å². The van der Waals surface area contributed by atoms with E-state index < -0.39 is 0 Å². The van der Waals surface area contributed by atoms with Gasteiger partial charge in [-0.3, -0.25) is 0 Å². The number of unbranched alkanes of at least 4 members (excludes halogenated alkanes) is 12. The molecule has 4 rings (SSSR count). The van der Waals surface area contributed by atoms with E-state index in [1.807, 2.05) is 13.0 Å². The fourth-order valence-corrected chi connectivity index (χ4v) is 7.78. The molecule has 0 unspecified atom stereocenters. The molecule has 0 aromatic carbocycles.